The lowest BCUT2D eigenvalue weighted by Crippen LogP contribution is -2.59. The van der Waals surface area contributed by atoms with Gasteiger partial charge < -0.3 is 41.9 Å². The van der Waals surface area contributed by atoms with Crippen molar-refractivity contribution in [2.45, 2.75) is 44.0 Å². The Morgan fingerprint density at radius 1 is 1.06 bits per heavy atom. The molecule has 9 N–H and O–H groups in total. The number of imidazole rings is 1. The number of amides is 3. The number of carbonyl (C=O) groups excluding carboxylic acids is 3. The molecule has 0 aliphatic heterocycles. The lowest BCUT2D eigenvalue weighted by atomic mass is 10.0. The lowest BCUT2D eigenvalue weighted by Gasteiger charge is -2.25. The van der Waals surface area contributed by atoms with E-state index in [0.29, 0.717) is 5.69 Å². The number of H-pyrrole nitrogens is 2. The van der Waals surface area contributed by atoms with Crippen LogP contribution in [-0.2, 0) is 32.0 Å². The van der Waals surface area contributed by atoms with E-state index in [9.17, 15) is 24.3 Å². The minimum Gasteiger partial charge on any atom is -0.480 e. The van der Waals surface area contributed by atoms with E-state index in [0.717, 1.165) is 16.5 Å². The zero-order valence-corrected chi connectivity index (χ0v) is 19.5. The highest BCUT2D eigenvalue weighted by atomic mass is 16.4. The maximum absolute atomic E-state index is 13.0. The summed E-state index contributed by atoms with van der Waals surface area (Å²) in [7, 11) is 0. The fourth-order valence-corrected chi connectivity index (χ4v) is 3.67. The number of nitrogens with two attached hydrogens (primary N) is 1. The summed E-state index contributed by atoms with van der Waals surface area (Å²) < 4.78 is 0. The van der Waals surface area contributed by atoms with Crippen molar-refractivity contribution in [3.63, 3.8) is 0 Å². The first-order valence-corrected chi connectivity index (χ1v) is 11.2. The molecule has 1 aromatic carbocycles. The molecule has 3 aromatic rings. The third-order valence-corrected chi connectivity index (χ3v) is 5.54. The number of aliphatic hydroxyl groups excluding tert-OH is 1. The second kappa shape index (κ2) is 12.0. The molecule has 192 valence electrons. The smallest absolute Gasteiger partial charge is 0.322 e. The molecule has 0 radical (unpaired) electrons. The van der Waals surface area contributed by atoms with Gasteiger partial charge in [0.15, 0.2) is 0 Å². The number of aliphatic hydroxyl groups is 1. The summed E-state index contributed by atoms with van der Waals surface area (Å²) in [5.74, 6) is -3.52. The Morgan fingerprint density at radius 3 is 2.47 bits per heavy atom. The maximum atomic E-state index is 13.0. The molecule has 4 atom stereocenters. The summed E-state index contributed by atoms with van der Waals surface area (Å²) in [6.45, 7) is 0.664. The second-order valence-electron chi connectivity index (χ2n) is 8.35. The van der Waals surface area contributed by atoms with Gasteiger partial charge in [-0.1, -0.05) is 18.2 Å². The van der Waals surface area contributed by atoms with Crippen LogP contribution < -0.4 is 21.7 Å². The van der Waals surface area contributed by atoms with Gasteiger partial charge in [-0.25, -0.2) is 4.98 Å². The van der Waals surface area contributed by atoms with Gasteiger partial charge in [-0.2, -0.15) is 0 Å². The summed E-state index contributed by atoms with van der Waals surface area (Å²) >= 11 is 0. The monoisotopic (exact) mass is 499 g/mol. The first kappa shape index (κ1) is 26.4. The molecule has 3 rings (SSSR count). The third kappa shape index (κ3) is 6.90. The molecule has 13 nitrogen and oxygen atoms in total. The van der Waals surface area contributed by atoms with E-state index < -0.39 is 54.5 Å². The molecule has 3 amide bonds. The minimum atomic E-state index is -1.41. The minimum absolute atomic E-state index is 0.0300. The predicted molar refractivity (Wildman–Crippen MR) is 128 cm³/mol. The molecule has 0 aliphatic rings. The number of rotatable bonds is 12. The number of hydrogen-bond donors (Lipinski definition) is 8. The van der Waals surface area contributed by atoms with Crippen LogP contribution in [-0.4, -0.2) is 79.6 Å². The summed E-state index contributed by atoms with van der Waals surface area (Å²) in [6.07, 6.45) is 3.43. The van der Waals surface area contributed by atoms with Crippen molar-refractivity contribution in [2.75, 3.05) is 6.54 Å². The van der Waals surface area contributed by atoms with Gasteiger partial charge in [0.2, 0.25) is 17.7 Å². The van der Waals surface area contributed by atoms with Crippen molar-refractivity contribution in [1.82, 2.24) is 30.9 Å². The number of aliphatic carboxylic acids is 1. The molecular formula is C23H29N7O6. The largest absolute Gasteiger partial charge is 0.480 e. The van der Waals surface area contributed by atoms with Crippen LogP contribution in [0, 0.1) is 0 Å². The lowest BCUT2D eigenvalue weighted by molar-refractivity contribution is -0.138. The molecule has 0 saturated carbocycles. The van der Waals surface area contributed by atoms with Crippen molar-refractivity contribution in [1.29, 1.82) is 0 Å². The van der Waals surface area contributed by atoms with Crippen LogP contribution in [0.15, 0.2) is 43.0 Å². The van der Waals surface area contributed by atoms with E-state index in [1.807, 2.05) is 24.3 Å². The van der Waals surface area contributed by atoms with Crippen LogP contribution >= 0.6 is 0 Å². The molecule has 4 unspecified atom stereocenters. The molecule has 36 heavy (non-hydrogen) atoms. The predicted octanol–water partition coefficient (Wildman–Crippen LogP) is -1.45. The Kier molecular flexibility index (Phi) is 8.76. The number of benzene rings is 1. The van der Waals surface area contributed by atoms with Gasteiger partial charge in [-0.15, -0.1) is 0 Å². The Bertz CT molecular complexity index is 1210. The van der Waals surface area contributed by atoms with E-state index in [-0.39, 0.29) is 12.8 Å². The van der Waals surface area contributed by atoms with Crippen molar-refractivity contribution < 1.29 is 29.4 Å². The Labute approximate surface area is 205 Å². The second-order valence-corrected chi connectivity index (χ2v) is 8.35. The molecule has 0 aliphatic carbocycles. The number of aromatic amines is 2. The summed E-state index contributed by atoms with van der Waals surface area (Å²) in [5.41, 5.74) is 8.30. The highest BCUT2D eigenvalue weighted by Crippen LogP contribution is 2.18. The Morgan fingerprint density at radius 2 is 1.81 bits per heavy atom. The van der Waals surface area contributed by atoms with E-state index in [2.05, 4.69) is 30.9 Å². The van der Waals surface area contributed by atoms with Crippen LogP contribution in [0.3, 0.4) is 0 Å². The topological polar surface area (TPSA) is 215 Å². The van der Waals surface area contributed by atoms with Gasteiger partial charge in [-0.3, -0.25) is 19.2 Å². The van der Waals surface area contributed by atoms with Crippen molar-refractivity contribution in [3.8, 4) is 0 Å². The Balaban J connectivity index is 1.67. The van der Waals surface area contributed by atoms with E-state index in [1.165, 1.54) is 19.4 Å². The van der Waals surface area contributed by atoms with Crippen LogP contribution in [0.5, 0.6) is 0 Å². The first-order valence-electron chi connectivity index (χ1n) is 11.2. The molecule has 0 saturated heterocycles. The zero-order chi connectivity index (χ0) is 26.2. The molecule has 13 heteroatoms. The van der Waals surface area contributed by atoms with Crippen LogP contribution in [0.25, 0.3) is 10.9 Å². The summed E-state index contributed by atoms with van der Waals surface area (Å²) in [6, 6.07) is 3.90. The van der Waals surface area contributed by atoms with E-state index in [1.54, 1.807) is 6.20 Å². The Hall–Kier alpha value is -4.23. The van der Waals surface area contributed by atoms with E-state index >= 15 is 0 Å². The van der Waals surface area contributed by atoms with Gasteiger partial charge >= 0.3 is 5.97 Å². The summed E-state index contributed by atoms with van der Waals surface area (Å²) in [5, 5.41) is 27.0. The van der Waals surface area contributed by atoms with Gasteiger partial charge in [0.25, 0.3) is 0 Å². The normalized spacial score (nSPS) is 14.4. The highest BCUT2D eigenvalue weighted by molar-refractivity contribution is 5.94. The number of hydrogen-bond acceptors (Lipinski definition) is 7. The van der Waals surface area contributed by atoms with Crippen LogP contribution in [0.2, 0.25) is 0 Å². The number of nitrogens with one attached hydrogen (secondary N) is 5. The fourth-order valence-electron chi connectivity index (χ4n) is 3.67. The first-order chi connectivity index (χ1) is 17.2. The van der Waals surface area contributed by atoms with Crippen molar-refractivity contribution >= 4 is 34.6 Å². The average Bonchev–Trinajstić information content (AvgIpc) is 3.50. The standard InChI is InChI=1S/C23H29N7O6/c1-12(31)20(30-21(34)16(24)6-13-8-26-17-5-3-2-4-15(13)17)23(36)29-18(7-14-9-25-11-28-14)22(35)27-10-19(32)33/h2-5,8-9,11-12,16,18,20,26,31H,6-7,10,24H2,1H3,(H,25,28)(H,27,35)(H,29,36)(H,30,34)(H,32,33). The number of carboxylic acid groups (broad SMARTS) is 1. The number of fused-ring (bicyclic) bond motifs is 1. The van der Waals surface area contributed by atoms with Gasteiger partial charge in [0, 0.05) is 35.4 Å². The number of carbonyl (C=O) groups is 4. The van der Waals surface area contributed by atoms with Crippen molar-refractivity contribution in [3.05, 3.63) is 54.2 Å². The third-order valence-electron chi connectivity index (χ3n) is 5.54. The number of carboxylic acids is 1. The van der Waals surface area contributed by atoms with Gasteiger partial charge in [0.1, 0.15) is 18.6 Å². The fraction of sp³-hybridized carbons (Fsp3) is 0.348. The molecule has 2 heterocycles. The number of nitrogens with zero attached hydrogens (tertiary/aromatic N) is 1. The highest BCUT2D eigenvalue weighted by Gasteiger charge is 2.31. The van der Waals surface area contributed by atoms with Gasteiger partial charge in [0.05, 0.1) is 18.5 Å². The van der Waals surface area contributed by atoms with Crippen LogP contribution in [0.1, 0.15) is 18.2 Å². The molecule has 0 bridgehead atoms. The van der Waals surface area contributed by atoms with Crippen LogP contribution in [0.4, 0.5) is 0 Å². The molecule has 0 spiro atoms. The number of aromatic nitrogens is 3. The SMILES string of the molecule is CC(O)C(NC(=O)C(N)Cc1c[nH]c2ccccc12)C(=O)NC(Cc1cnc[nH]1)C(=O)NCC(=O)O. The van der Waals surface area contributed by atoms with Crippen molar-refractivity contribution in [2.24, 2.45) is 5.73 Å². The number of para-hydroxylation sites is 1. The molecule has 0 fully saturated rings. The molecule has 2 aromatic heterocycles. The molecular weight excluding hydrogens is 470 g/mol. The average molecular weight is 500 g/mol. The van der Waals surface area contributed by atoms with Gasteiger partial charge in [-0.05, 0) is 25.0 Å². The summed E-state index contributed by atoms with van der Waals surface area (Å²) in [4.78, 5) is 58.8. The van der Waals surface area contributed by atoms with E-state index in [4.69, 9.17) is 10.8 Å². The maximum Gasteiger partial charge on any atom is 0.322 e. The quantitative estimate of drug-likeness (QED) is 0.147. The zero-order valence-electron chi connectivity index (χ0n) is 19.5.